The van der Waals surface area contributed by atoms with E-state index in [4.69, 9.17) is 9.47 Å². The van der Waals surface area contributed by atoms with Crippen molar-refractivity contribution in [2.45, 2.75) is 39.7 Å². The van der Waals surface area contributed by atoms with Gasteiger partial charge in [0.1, 0.15) is 17.6 Å². The lowest BCUT2D eigenvalue weighted by Gasteiger charge is -2.35. The molecule has 2 aromatic carbocycles. The van der Waals surface area contributed by atoms with Crippen LogP contribution >= 0.6 is 0 Å². The highest BCUT2D eigenvalue weighted by Gasteiger charge is 2.23. The maximum Gasteiger partial charge on any atom is 0.159 e. The van der Waals surface area contributed by atoms with E-state index in [-0.39, 0.29) is 11.9 Å². The summed E-state index contributed by atoms with van der Waals surface area (Å²) in [6.45, 7) is 8.17. The Balaban J connectivity index is 1.59. The second-order valence-corrected chi connectivity index (χ2v) is 6.81. The van der Waals surface area contributed by atoms with Crippen molar-refractivity contribution in [1.82, 2.24) is 0 Å². The number of Topliss-reactive ketones (excluding diaryl/α,β-unsaturated/α-hetero) is 1. The van der Waals surface area contributed by atoms with Crippen molar-refractivity contribution in [3.05, 3.63) is 53.6 Å². The van der Waals surface area contributed by atoms with Gasteiger partial charge in [0.2, 0.25) is 0 Å². The summed E-state index contributed by atoms with van der Waals surface area (Å²) in [5, 5.41) is 0. The molecule has 3 rings (SSSR count). The van der Waals surface area contributed by atoms with Gasteiger partial charge < -0.3 is 14.4 Å². The van der Waals surface area contributed by atoms with Gasteiger partial charge in [-0.25, -0.2) is 0 Å². The predicted molar refractivity (Wildman–Crippen MR) is 105 cm³/mol. The van der Waals surface area contributed by atoms with Gasteiger partial charge in [0.15, 0.2) is 5.78 Å². The van der Waals surface area contributed by atoms with Gasteiger partial charge in [0.25, 0.3) is 0 Å². The topological polar surface area (TPSA) is 38.8 Å². The van der Waals surface area contributed by atoms with Crippen LogP contribution in [0.1, 0.15) is 43.1 Å². The number of hydrogen-bond donors (Lipinski definition) is 0. The van der Waals surface area contributed by atoms with Gasteiger partial charge in [0.05, 0.1) is 18.8 Å². The summed E-state index contributed by atoms with van der Waals surface area (Å²) in [5.74, 6) is 1.84. The molecule has 0 saturated heterocycles. The lowest BCUT2D eigenvalue weighted by atomic mass is 10.1. The van der Waals surface area contributed by atoms with Crippen molar-refractivity contribution >= 4 is 11.5 Å². The van der Waals surface area contributed by atoms with E-state index in [1.54, 1.807) is 6.92 Å². The highest BCUT2D eigenvalue weighted by atomic mass is 16.5. The summed E-state index contributed by atoms with van der Waals surface area (Å²) in [6, 6.07) is 14.0. The minimum Gasteiger partial charge on any atom is -0.494 e. The summed E-state index contributed by atoms with van der Waals surface area (Å²) in [5.41, 5.74) is 3.04. The van der Waals surface area contributed by atoms with Gasteiger partial charge in [-0.2, -0.15) is 0 Å². The summed E-state index contributed by atoms with van der Waals surface area (Å²) in [7, 11) is 0. The smallest absolute Gasteiger partial charge is 0.159 e. The molecule has 1 unspecified atom stereocenters. The Hall–Kier alpha value is -2.49. The maximum atomic E-state index is 11.7. The monoisotopic (exact) mass is 353 g/mol. The molecule has 0 saturated carbocycles. The van der Waals surface area contributed by atoms with Gasteiger partial charge in [-0.3, -0.25) is 4.79 Å². The molecule has 1 aliphatic heterocycles. The summed E-state index contributed by atoms with van der Waals surface area (Å²) < 4.78 is 11.8. The van der Waals surface area contributed by atoms with E-state index in [1.165, 1.54) is 5.56 Å². The first kappa shape index (κ1) is 18.3. The van der Waals surface area contributed by atoms with E-state index in [2.05, 4.69) is 30.9 Å². The van der Waals surface area contributed by atoms with Crippen molar-refractivity contribution in [3.63, 3.8) is 0 Å². The van der Waals surface area contributed by atoms with Crippen molar-refractivity contribution in [3.8, 4) is 11.5 Å². The molecule has 0 amide bonds. The van der Waals surface area contributed by atoms with Crippen molar-refractivity contribution in [1.29, 1.82) is 0 Å². The fourth-order valence-corrected chi connectivity index (χ4v) is 3.22. The molecular formula is C22H27NO3. The van der Waals surface area contributed by atoms with Gasteiger partial charge in [-0.15, -0.1) is 0 Å². The quantitative estimate of drug-likeness (QED) is 0.542. The molecule has 0 N–H and O–H groups in total. The lowest BCUT2D eigenvalue weighted by molar-refractivity contribution is 0.101. The number of ether oxygens (including phenoxy) is 2. The number of carbonyl (C=O) groups is 1. The molecular weight excluding hydrogens is 326 g/mol. The van der Waals surface area contributed by atoms with Gasteiger partial charge in [0, 0.05) is 12.1 Å². The van der Waals surface area contributed by atoms with Gasteiger partial charge >= 0.3 is 0 Å². The summed E-state index contributed by atoms with van der Waals surface area (Å²) >= 11 is 0. The third-order valence-corrected chi connectivity index (χ3v) is 4.68. The zero-order chi connectivity index (χ0) is 18.5. The number of carbonyl (C=O) groups excluding carboxylic acids is 1. The Morgan fingerprint density at radius 1 is 1.23 bits per heavy atom. The largest absolute Gasteiger partial charge is 0.494 e. The van der Waals surface area contributed by atoms with Crippen LogP contribution in [-0.2, 0) is 6.42 Å². The van der Waals surface area contributed by atoms with Crippen LogP contribution in [0.4, 0.5) is 5.69 Å². The third-order valence-electron chi connectivity index (χ3n) is 4.68. The Morgan fingerprint density at radius 2 is 2.00 bits per heavy atom. The minimum absolute atomic E-state index is 0.0743. The normalized spacial score (nSPS) is 16.0. The number of ketones is 1. The molecule has 4 heteroatoms. The van der Waals surface area contributed by atoms with Crippen molar-refractivity contribution < 1.29 is 14.3 Å². The molecule has 1 atom stereocenters. The maximum absolute atomic E-state index is 11.7. The van der Waals surface area contributed by atoms with Gasteiger partial charge in [-0.05, 0) is 62.6 Å². The van der Waals surface area contributed by atoms with E-state index < -0.39 is 0 Å². The number of benzene rings is 2. The first-order chi connectivity index (χ1) is 12.6. The van der Waals surface area contributed by atoms with Crippen LogP contribution in [0.25, 0.3) is 0 Å². The zero-order valence-electron chi connectivity index (χ0n) is 15.8. The molecule has 4 nitrogen and oxygen atoms in total. The standard InChI is InChI=1S/C22H27NO3/c1-4-18-6-9-20(10-7-18)25-13-5-12-23-15-16(2)26-22-11-8-19(17(3)24)14-21(22)23/h6-11,14,16H,4-5,12-13,15H2,1-3H3. The number of hydrogen-bond acceptors (Lipinski definition) is 4. The van der Waals surface area contributed by atoms with Crippen molar-refractivity contribution in [2.24, 2.45) is 0 Å². The second kappa shape index (κ2) is 8.26. The van der Waals surface area contributed by atoms with E-state index in [1.807, 2.05) is 30.3 Å². The summed E-state index contributed by atoms with van der Waals surface area (Å²) in [4.78, 5) is 14.0. The number of rotatable bonds is 7. The molecule has 1 aliphatic rings. The van der Waals surface area contributed by atoms with Crippen LogP contribution in [0.2, 0.25) is 0 Å². The van der Waals surface area contributed by atoms with Crippen LogP contribution in [-0.4, -0.2) is 31.6 Å². The van der Waals surface area contributed by atoms with Crippen LogP contribution in [0.3, 0.4) is 0 Å². The average Bonchev–Trinajstić information content (AvgIpc) is 2.65. The first-order valence-electron chi connectivity index (χ1n) is 9.35. The zero-order valence-corrected chi connectivity index (χ0v) is 15.8. The van der Waals surface area contributed by atoms with E-state index in [0.717, 1.165) is 48.7 Å². The SMILES string of the molecule is CCc1ccc(OCCCN2CC(C)Oc3ccc(C(C)=O)cc32)cc1. The van der Waals surface area contributed by atoms with Crippen LogP contribution in [0.15, 0.2) is 42.5 Å². The molecule has 0 fully saturated rings. The lowest BCUT2D eigenvalue weighted by Crippen LogP contribution is -2.39. The molecule has 0 aliphatic carbocycles. The molecule has 26 heavy (non-hydrogen) atoms. The second-order valence-electron chi connectivity index (χ2n) is 6.81. The molecule has 1 heterocycles. The Kier molecular flexibility index (Phi) is 5.82. The first-order valence-corrected chi connectivity index (χ1v) is 9.35. The van der Waals surface area contributed by atoms with Crippen molar-refractivity contribution in [2.75, 3.05) is 24.6 Å². The molecule has 0 spiro atoms. The number of aryl methyl sites for hydroxylation is 1. The number of fused-ring (bicyclic) bond motifs is 1. The highest BCUT2D eigenvalue weighted by molar-refractivity contribution is 5.95. The number of anilines is 1. The minimum atomic E-state index is 0.0743. The van der Waals surface area contributed by atoms with Crippen LogP contribution < -0.4 is 14.4 Å². The van der Waals surface area contributed by atoms with Crippen LogP contribution in [0.5, 0.6) is 11.5 Å². The Morgan fingerprint density at radius 3 is 2.69 bits per heavy atom. The average molecular weight is 353 g/mol. The Bertz CT molecular complexity index is 754. The van der Waals surface area contributed by atoms with E-state index in [0.29, 0.717) is 6.61 Å². The molecule has 0 aromatic heterocycles. The molecule has 0 radical (unpaired) electrons. The fourth-order valence-electron chi connectivity index (χ4n) is 3.22. The number of nitrogens with zero attached hydrogens (tertiary/aromatic N) is 1. The molecule has 2 aromatic rings. The fraction of sp³-hybridized carbons (Fsp3) is 0.409. The Labute approximate surface area is 155 Å². The third kappa shape index (κ3) is 4.37. The highest BCUT2D eigenvalue weighted by Crippen LogP contribution is 2.34. The van der Waals surface area contributed by atoms with E-state index in [9.17, 15) is 4.79 Å². The predicted octanol–water partition coefficient (Wildman–Crippen LogP) is 4.51. The van der Waals surface area contributed by atoms with E-state index >= 15 is 0 Å². The molecule has 0 bridgehead atoms. The van der Waals surface area contributed by atoms with Crippen LogP contribution in [0, 0.1) is 0 Å². The van der Waals surface area contributed by atoms with Gasteiger partial charge in [-0.1, -0.05) is 19.1 Å². The molecule has 138 valence electrons. The summed E-state index contributed by atoms with van der Waals surface area (Å²) in [6.07, 6.45) is 2.08.